The maximum atomic E-state index is 10.2. The van der Waals surface area contributed by atoms with Crippen LogP contribution in [0.2, 0.25) is 0 Å². The molecule has 2 nitrogen and oxygen atoms in total. The van der Waals surface area contributed by atoms with Gasteiger partial charge in [-0.25, -0.2) is 0 Å². The molecule has 0 radical (unpaired) electrons. The van der Waals surface area contributed by atoms with Gasteiger partial charge >= 0.3 is 0 Å². The highest BCUT2D eigenvalue weighted by atomic mass is 32.2. The second-order valence-corrected chi connectivity index (χ2v) is 5.86. The summed E-state index contributed by atoms with van der Waals surface area (Å²) in [5, 5.41) is 13.8. The van der Waals surface area contributed by atoms with Crippen LogP contribution in [0.5, 0.6) is 0 Å². The van der Waals surface area contributed by atoms with Crippen molar-refractivity contribution in [2.45, 2.75) is 50.7 Å². The predicted octanol–water partition coefficient (Wildman–Crippen LogP) is 2.58. The second-order valence-electron chi connectivity index (χ2n) is 4.76. The van der Waals surface area contributed by atoms with Crippen LogP contribution in [0.1, 0.15) is 39.0 Å². The van der Waals surface area contributed by atoms with Crippen LogP contribution >= 0.6 is 11.8 Å². The minimum atomic E-state index is -0.454. The standard InChI is InChI=1S/C13H25NOS/c1-3-5-7-12(6-4-2)14-10-13(15)8-9-16-11-13/h3,12,14-15H,1,4-11H2,2H3. The first-order chi connectivity index (χ1) is 7.70. The molecule has 1 aliphatic heterocycles. The Kier molecular flexibility index (Phi) is 6.47. The van der Waals surface area contributed by atoms with Gasteiger partial charge < -0.3 is 10.4 Å². The normalized spacial score (nSPS) is 26.9. The zero-order valence-corrected chi connectivity index (χ0v) is 11.2. The highest BCUT2D eigenvalue weighted by Gasteiger charge is 2.31. The third kappa shape index (κ3) is 4.89. The minimum absolute atomic E-state index is 0.454. The third-order valence-electron chi connectivity index (χ3n) is 3.16. The molecule has 0 aromatic carbocycles. The van der Waals surface area contributed by atoms with Gasteiger partial charge in [0.2, 0.25) is 0 Å². The van der Waals surface area contributed by atoms with Crippen molar-refractivity contribution < 1.29 is 5.11 Å². The van der Waals surface area contributed by atoms with Gasteiger partial charge in [-0.05, 0) is 31.4 Å². The molecule has 0 spiro atoms. The van der Waals surface area contributed by atoms with E-state index < -0.39 is 5.60 Å². The molecule has 0 aromatic heterocycles. The minimum Gasteiger partial charge on any atom is -0.388 e. The van der Waals surface area contributed by atoms with Crippen molar-refractivity contribution in [3.63, 3.8) is 0 Å². The topological polar surface area (TPSA) is 32.3 Å². The maximum Gasteiger partial charge on any atom is 0.0869 e. The lowest BCUT2D eigenvalue weighted by Gasteiger charge is -2.26. The molecule has 1 aliphatic rings. The van der Waals surface area contributed by atoms with E-state index in [4.69, 9.17) is 0 Å². The van der Waals surface area contributed by atoms with E-state index in [-0.39, 0.29) is 0 Å². The van der Waals surface area contributed by atoms with Crippen molar-refractivity contribution >= 4 is 11.8 Å². The van der Waals surface area contributed by atoms with Crippen LogP contribution in [-0.4, -0.2) is 34.8 Å². The fourth-order valence-corrected chi connectivity index (χ4v) is 3.38. The van der Waals surface area contributed by atoms with Crippen LogP contribution in [-0.2, 0) is 0 Å². The first kappa shape index (κ1) is 14.1. The average molecular weight is 243 g/mol. The lowest BCUT2D eigenvalue weighted by atomic mass is 10.0. The molecule has 3 heteroatoms. The van der Waals surface area contributed by atoms with Crippen LogP contribution in [0.15, 0.2) is 12.7 Å². The fraction of sp³-hybridized carbons (Fsp3) is 0.846. The molecular weight excluding hydrogens is 218 g/mol. The lowest BCUT2D eigenvalue weighted by Crippen LogP contribution is -2.44. The van der Waals surface area contributed by atoms with Gasteiger partial charge in [0.05, 0.1) is 5.60 Å². The summed E-state index contributed by atoms with van der Waals surface area (Å²) < 4.78 is 0. The SMILES string of the molecule is C=CCCC(CCC)NCC1(O)CCSC1. The number of hydrogen-bond acceptors (Lipinski definition) is 3. The van der Waals surface area contributed by atoms with E-state index in [1.807, 2.05) is 17.8 Å². The van der Waals surface area contributed by atoms with Gasteiger partial charge in [0.15, 0.2) is 0 Å². The molecule has 0 aromatic rings. The van der Waals surface area contributed by atoms with Crippen molar-refractivity contribution in [3.05, 3.63) is 12.7 Å². The fourth-order valence-electron chi connectivity index (χ4n) is 2.09. The quantitative estimate of drug-likeness (QED) is 0.643. The van der Waals surface area contributed by atoms with Gasteiger partial charge in [-0.15, -0.1) is 6.58 Å². The summed E-state index contributed by atoms with van der Waals surface area (Å²) in [6.45, 7) is 6.73. The number of allylic oxidation sites excluding steroid dienone is 1. The maximum absolute atomic E-state index is 10.2. The smallest absolute Gasteiger partial charge is 0.0869 e. The molecule has 2 atom stereocenters. The molecule has 94 valence electrons. The van der Waals surface area contributed by atoms with Crippen molar-refractivity contribution in [2.24, 2.45) is 0 Å². The number of aliphatic hydroxyl groups is 1. The Hall–Kier alpha value is 0.0100. The molecule has 0 aliphatic carbocycles. The number of thioether (sulfide) groups is 1. The summed E-state index contributed by atoms with van der Waals surface area (Å²) >= 11 is 1.86. The second kappa shape index (κ2) is 7.36. The zero-order chi connectivity index (χ0) is 11.9. The van der Waals surface area contributed by atoms with Gasteiger partial charge in [0, 0.05) is 18.3 Å². The summed E-state index contributed by atoms with van der Waals surface area (Å²) in [5.41, 5.74) is -0.454. The number of hydrogen-bond donors (Lipinski definition) is 2. The molecule has 0 saturated carbocycles. The lowest BCUT2D eigenvalue weighted by molar-refractivity contribution is 0.0638. The molecule has 1 rings (SSSR count). The zero-order valence-electron chi connectivity index (χ0n) is 10.4. The van der Waals surface area contributed by atoms with Crippen LogP contribution in [0.4, 0.5) is 0 Å². The Morgan fingerprint density at radius 1 is 1.56 bits per heavy atom. The first-order valence-corrected chi connectivity index (χ1v) is 7.50. The average Bonchev–Trinajstić information content (AvgIpc) is 2.70. The molecule has 0 amide bonds. The molecule has 2 unspecified atom stereocenters. The van der Waals surface area contributed by atoms with Gasteiger partial charge in [-0.1, -0.05) is 19.4 Å². The van der Waals surface area contributed by atoms with E-state index in [0.29, 0.717) is 6.04 Å². The van der Waals surface area contributed by atoms with Crippen molar-refractivity contribution in [1.29, 1.82) is 0 Å². The van der Waals surface area contributed by atoms with Gasteiger partial charge in [-0.2, -0.15) is 11.8 Å². The summed E-state index contributed by atoms with van der Waals surface area (Å²) in [6.07, 6.45) is 7.50. The van der Waals surface area contributed by atoms with E-state index >= 15 is 0 Å². The summed E-state index contributed by atoms with van der Waals surface area (Å²) in [6, 6.07) is 0.539. The van der Waals surface area contributed by atoms with Gasteiger partial charge in [0.1, 0.15) is 0 Å². The highest BCUT2D eigenvalue weighted by molar-refractivity contribution is 7.99. The van der Waals surface area contributed by atoms with E-state index in [2.05, 4.69) is 18.8 Å². The van der Waals surface area contributed by atoms with E-state index in [9.17, 15) is 5.11 Å². The van der Waals surface area contributed by atoms with Gasteiger partial charge in [0.25, 0.3) is 0 Å². The van der Waals surface area contributed by atoms with Crippen molar-refractivity contribution in [1.82, 2.24) is 5.32 Å². The Morgan fingerprint density at radius 2 is 2.38 bits per heavy atom. The summed E-state index contributed by atoms with van der Waals surface area (Å²) in [5.74, 6) is 1.99. The molecule has 1 saturated heterocycles. The summed E-state index contributed by atoms with van der Waals surface area (Å²) in [7, 11) is 0. The van der Waals surface area contributed by atoms with E-state index in [1.54, 1.807) is 0 Å². The van der Waals surface area contributed by atoms with Crippen molar-refractivity contribution in [3.8, 4) is 0 Å². The third-order valence-corrected chi connectivity index (χ3v) is 4.39. The Labute approximate surface area is 104 Å². The first-order valence-electron chi connectivity index (χ1n) is 6.34. The van der Waals surface area contributed by atoms with Crippen molar-refractivity contribution in [2.75, 3.05) is 18.1 Å². The molecule has 1 heterocycles. The van der Waals surface area contributed by atoms with Crippen LogP contribution in [0.3, 0.4) is 0 Å². The van der Waals surface area contributed by atoms with Gasteiger partial charge in [-0.3, -0.25) is 0 Å². The molecule has 0 bridgehead atoms. The Balaban J connectivity index is 2.27. The van der Waals surface area contributed by atoms with E-state index in [0.717, 1.165) is 37.3 Å². The van der Waals surface area contributed by atoms with Crippen LogP contribution < -0.4 is 5.32 Å². The highest BCUT2D eigenvalue weighted by Crippen LogP contribution is 2.27. The summed E-state index contributed by atoms with van der Waals surface area (Å²) in [4.78, 5) is 0. The Bertz CT molecular complexity index is 202. The molecular formula is C13H25NOS. The number of rotatable bonds is 8. The van der Waals surface area contributed by atoms with E-state index in [1.165, 1.54) is 12.8 Å². The van der Waals surface area contributed by atoms with Crippen LogP contribution in [0, 0.1) is 0 Å². The molecule has 16 heavy (non-hydrogen) atoms. The monoisotopic (exact) mass is 243 g/mol. The Morgan fingerprint density at radius 3 is 2.94 bits per heavy atom. The predicted molar refractivity (Wildman–Crippen MR) is 73.0 cm³/mol. The molecule has 1 fully saturated rings. The number of nitrogens with one attached hydrogen (secondary N) is 1. The molecule has 2 N–H and O–H groups in total. The largest absolute Gasteiger partial charge is 0.388 e. The van der Waals surface area contributed by atoms with Crippen LogP contribution in [0.25, 0.3) is 0 Å².